The number of nitrogens with two attached hydrogens (primary N) is 1. The van der Waals surface area contributed by atoms with E-state index in [-0.39, 0.29) is 5.54 Å². The van der Waals surface area contributed by atoms with Crippen molar-refractivity contribution in [2.24, 2.45) is 16.6 Å². The average molecular weight is 231 g/mol. The summed E-state index contributed by atoms with van der Waals surface area (Å²) >= 11 is 0. The Morgan fingerprint density at radius 1 is 1.35 bits per heavy atom. The van der Waals surface area contributed by atoms with Gasteiger partial charge < -0.3 is 10.6 Å². The summed E-state index contributed by atoms with van der Waals surface area (Å²) < 4.78 is 0. The second-order valence-electron chi connectivity index (χ2n) is 4.86. The van der Waals surface area contributed by atoms with Crippen molar-refractivity contribution in [1.29, 1.82) is 0 Å². The molecule has 0 fully saturated rings. The molecule has 0 aliphatic carbocycles. The van der Waals surface area contributed by atoms with E-state index in [1.807, 2.05) is 6.07 Å². The van der Waals surface area contributed by atoms with E-state index in [2.05, 4.69) is 54.9 Å². The van der Waals surface area contributed by atoms with Gasteiger partial charge in [0.1, 0.15) is 0 Å². The summed E-state index contributed by atoms with van der Waals surface area (Å²) in [6.45, 7) is 8.26. The highest BCUT2D eigenvalue weighted by Gasteiger charge is 2.45. The number of hydrogen-bond acceptors (Lipinski definition) is 3. The van der Waals surface area contributed by atoms with Gasteiger partial charge in [0.15, 0.2) is 5.96 Å². The Balaban J connectivity index is 2.49. The Hall–Kier alpha value is -1.51. The second kappa shape index (κ2) is 4.40. The molecule has 1 aliphatic rings. The van der Waals surface area contributed by atoms with Crippen molar-refractivity contribution >= 4 is 5.96 Å². The van der Waals surface area contributed by atoms with Crippen LogP contribution in [0.25, 0.3) is 0 Å². The molecular formula is C14H21N3. The minimum atomic E-state index is -0.0694. The third kappa shape index (κ3) is 1.70. The quantitative estimate of drug-likeness (QED) is 0.866. The summed E-state index contributed by atoms with van der Waals surface area (Å²) in [6, 6.07) is 10.6. The van der Waals surface area contributed by atoms with E-state index in [0.717, 1.165) is 13.1 Å². The zero-order valence-corrected chi connectivity index (χ0v) is 10.9. The number of likely N-dealkylation sites (N-methyl/N-ethyl adjacent to an activating group) is 1. The van der Waals surface area contributed by atoms with Crippen LogP contribution in [0.5, 0.6) is 0 Å². The molecule has 1 atom stereocenters. The fraction of sp³-hybridized carbons (Fsp3) is 0.500. The predicted octanol–water partition coefficient (Wildman–Crippen LogP) is 2.19. The van der Waals surface area contributed by atoms with Crippen molar-refractivity contribution in [2.45, 2.75) is 26.3 Å². The van der Waals surface area contributed by atoms with Gasteiger partial charge in [0.25, 0.3) is 0 Å². The monoisotopic (exact) mass is 231 g/mol. The Bertz CT molecular complexity index is 411. The molecule has 0 amide bonds. The largest absolute Gasteiger partial charge is 0.370 e. The average Bonchev–Trinajstić information content (AvgIpc) is 2.68. The number of nitrogens with zero attached hydrogens (tertiary/aromatic N) is 2. The van der Waals surface area contributed by atoms with E-state index < -0.39 is 0 Å². The molecule has 92 valence electrons. The second-order valence-corrected chi connectivity index (χ2v) is 4.86. The van der Waals surface area contributed by atoms with Gasteiger partial charge in [-0.05, 0) is 18.4 Å². The first kappa shape index (κ1) is 12.0. The molecule has 3 nitrogen and oxygen atoms in total. The smallest absolute Gasteiger partial charge is 0.192 e. The van der Waals surface area contributed by atoms with Crippen molar-refractivity contribution in [1.82, 2.24) is 4.90 Å². The van der Waals surface area contributed by atoms with Crippen molar-refractivity contribution in [3.63, 3.8) is 0 Å². The lowest BCUT2D eigenvalue weighted by molar-refractivity contribution is 0.143. The molecule has 1 aromatic carbocycles. The molecule has 0 aromatic heterocycles. The van der Waals surface area contributed by atoms with Crippen LogP contribution >= 0.6 is 0 Å². The fourth-order valence-corrected chi connectivity index (χ4v) is 2.82. The Kier molecular flexibility index (Phi) is 3.09. The molecular weight excluding hydrogens is 210 g/mol. The van der Waals surface area contributed by atoms with E-state index in [1.165, 1.54) is 5.56 Å². The molecule has 1 aliphatic heterocycles. The van der Waals surface area contributed by atoms with Gasteiger partial charge in [-0.2, -0.15) is 0 Å². The van der Waals surface area contributed by atoms with Crippen LogP contribution in [0, 0.1) is 5.92 Å². The van der Waals surface area contributed by atoms with Crippen molar-refractivity contribution < 1.29 is 0 Å². The van der Waals surface area contributed by atoms with Crippen LogP contribution in [0.4, 0.5) is 0 Å². The van der Waals surface area contributed by atoms with Crippen molar-refractivity contribution in [3.8, 4) is 0 Å². The van der Waals surface area contributed by atoms with Gasteiger partial charge in [-0.25, -0.2) is 0 Å². The van der Waals surface area contributed by atoms with Crippen molar-refractivity contribution in [2.75, 3.05) is 13.1 Å². The Morgan fingerprint density at radius 2 is 2.00 bits per heavy atom. The van der Waals surface area contributed by atoms with Gasteiger partial charge in [0, 0.05) is 6.54 Å². The zero-order valence-electron chi connectivity index (χ0n) is 10.9. The van der Waals surface area contributed by atoms with Crippen LogP contribution in [-0.2, 0) is 5.54 Å². The van der Waals surface area contributed by atoms with Gasteiger partial charge >= 0.3 is 0 Å². The molecule has 0 saturated heterocycles. The van der Waals surface area contributed by atoms with Gasteiger partial charge in [-0.3, -0.25) is 4.99 Å². The molecule has 0 saturated carbocycles. The van der Waals surface area contributed by atoms with Crippen LogP contribution in [0.1, 0.15) is 26.3 Å². The highest BCUT2D eigenvalue weighted by molar-refractivity contribution is 5.81. The van der Waals surface area contributed by atoms with Crippen LogP contribution < -0.4 is 5.73 Å². The molecule has 3 heteroatoms. The van der Waals surface area contributed by atoms with Crippen LogP contribution in [0.15, 0.2) is 35.3 Å². The predicted molar refractivity (Wildman–Crippen MR) is 71.8 cm³/mol. The van der Waals surface area contributed by atoms with Crippen LogP contribution in [-0.4, -0.2) is 23.9 Å². The number of benzene rings is 1. The zero-order chi connectivity index (χ0) is 12.5. The summed E-state index contributed by atoms with van der Waals surface area (Å²) in [5.41, 5.74) is 7.25. The maximum absolute atomic E-state index is 6.02. The molecule has 1 aromatic rings. The third-order valence-electron chi connectivity index (χ3n) is 3.79. The lowest BCUT2D eigenvalue weighted by atomic mass is 9.79. The summed E-state index contributed by atoms with van der Waals surface area (Å²) in [5.74, 6) is 1.14. The highest BCUT2D eigenvalue weighted by atomic mass is 15.4. The summed E-state index contributed by atoms with van der Waals surface area (Å²) in [7, 11) is 0. The molecule has 2 rings (SSSR count). The van der Waals surface area contributed by atoms with E-state index in [1.54, 1.807) is 0 Å². The molecule has 0 spiro atoms. The lowest BCUT2D eigenvalue weighted by Gasteiger charge is -2.42. The Morgan fingerprint density at radius 3 is 2.53 bits per heavy atom. The first-order valence-corrected chi connectivity index (χ1v) is 6.26. The number of rotatable bonds is 3. The van der Waals surface area contributed by atoms with E-state index in [0.29, 0.717) is 11.9 Å². The normalized spacial score (nSPS) is 24.2. The van der Waals surface area contributed by atoms with E-state index >= 15 is 0 Å². The van der Waals surface area contributed by atoms with Gasteiger partial charge in [-0.15, -0.1) is 0 Å². The number of guanidine groups is 1. The lowest BCUT2D eigenvalue weighted by Crippen LogP contribution is -2.52. The van der Waals surface area contributed by atoms with E-state index in [9.17, 15) is 0 Å². The number of aliphatic imine (C=N–C) groups is 1. The molecule has 0 bridgehead atoms. The van der Waals surface area contributed by atoms with Crippen LogP contribution in [0.3, 0.4) is 0 Å². The molecule has 1 unspecified atom stereocenters. The van der Waals surface area contributed by atoms with Gasteiger partial charge in [0.2, 0.25) is 0 Å². The minimum Gasteiger partial charge on any atom is -0.370 e. The highest BCUT2D eigenvalue weighted by Crippen LogP contribution is 2.39. The summed E-state index contributed by atoms with van der Waals surface area (Å²) in [6.07, 6.45) is 0. The molecule has 2 N–H and O–H groups in total. The fourth-order valence-electron chi connectivity index (χ4n) is 2.82. The van der Waals surface area contributed by atoms with Gasteiger partial charge in [0.05, 0.1) is 12.1 Å². The maximum Gasteiger partial charge on any atom is 0.192 e. The van der Waals surface area contributed by atoms with Gasteiger partial charge in [-0.1, -0.05) is 44.2 Å². The molecule has 17 heavy (non-hydrogen) atoms. The topological polar surface area (TPSA) is 41.6 Å². The Labute approximate surface area is 103 Å². The molecule has 0 radical (unpaired) electrons. The first-order chi connectivity index (χ1) is 8.13. The maximum atomic E-state index is 6.02. The standard InChI is InChI=1S/C14H21N3/c1-4-17-13(15)16-10-14(17,11(2)3)12-8-6-5-7-9-12/h5-9,11H,4,10H2,1-3H3,(H2,15,16). The summed E-state index contributed by atoms with van der Waals surface area (Å²) in [4.78, 5) is 6.69. The SMILES string of the molecule is CCN1C(N)=NCC1(c1ccccc1)C(C)C. The summed E-state index contributed by atoms with van der Waals surface area (Å²) in [5, 5.41) is 0. The molecule has 1 heterocycles. The first-order valence-electron chi connectivity index (χ1n) is 6.26. The number of hydrogen-bond donors (Lipinski definition) is 1. The van der Waals surface area contributed by atoms with Crippen molar-refractivity contribution in [3.05, 3.63) is 35.9 Å². The third-order valence-corrected chi connectivity index (χ3v) is 3.79. The minimum absolute atomic E-state index is 0.0694. The van der Waals surface area contributed by atoms with Crippen LogP contribution in [0.2, 0.25) is 0 Å². The van der Waals surface area contributed by atoms with E-state index in [4.69, 9.17) is 5.73 Å².